The van der Waals surface area contributed by atoms with Gasteiger partial charge in [0.2, 0.25) is 10.0 Å². The summed E-state index contributed by atoms with van der Waals surface area (Å²) in [4.78, 5) is 11.6. The quantitative estimate of drug-likeness (QED) is 0.577. The molecule has 3 rings (SSSR count). The molecule has 9 heteroatoms. The first kappa shape index (κ1) is 19.3. The minimum Gasteiger partial charge on any atom is -0.496 e. The molecule has 2 aromatic rings. The number of para-hydroxylation sites is 1. The largest absolute Gasteiger partial charge is 0.496 e. The third-order valence-electron chi connectivity index (χ3n) is 4.73. The number of benzene rings is 2. The maximum Gasteiger partial charge on any atom is 0.270 e. The Labute approximate surface area is 158 Å². The van der Waals surface area contributed by atoms with Crippen molar-refractivity contribution < 1.29 is 23.0 Å². The number of piperazine rings is 1. The third kappa shape index (κ3) is 4.26. The van der Waals surface area contributed by atoms with Gasteiger partial charge in [-0.3, -0.25) is 10.1 Å². The molecule has 1 N–H and O–H groups in total. The molecule has 0 amide bonds. The van der Waals surface area contributed by atoms with Gasteiger partial charge in [0.25, 0.3) is 5.69 Å². The predicted molar refractivity (Wildman–Crippen MR) is 99.2 cm³/mol. The van der Waals surface area contributed by atoms with Crippen molar-refractivity contribution in [3.05, 3.63) is 64.2 Å². The first-order valence-corrected chi connectivity index (χ1v) is 10.1. The van der Waals surface area contributed by atoms with Crippen LogP contribution in [0.3, 0.4) is 0 Å². The number of nitrogens with one attached hydrogen (secondary N) is 1. The van der Waals surface area contributed by atoms with E-state index in [-0.39, 0.29) is 10.6 Å². The molecule has 1 saturated heterocycles. The highest BCUT2D eigenvalue weighted by atomic mass is 32.2. The summed E-state index contributed by atoms with van der Waals surface area (Å²) in [6.45, 7) is 2.82. The van der Waals surface area contributed by atoms with Crippen molar-refractivity contribution in [3.8, 4) is 5.75 Å². The lowest BCUT2D eigenvalue weighted by molar-refractivity contribution is -0.917. The predicted octanol–water partition coefficient (Wildman–Crippen LogP) is 0.693. The summed E-state index contributed by atoms with van der Waals surface area (Å²) >= 11 is 0. The van der Waals surface area contributed by atoms with Gasteiger partial charge in [-0.15, -0.1) is 0 Å². The topological polar surface area (TPSA) is 94.2 Å². The molecule has 2 aromatic carbocycles. The van der Waals surface area contributed by atoms with Crippen molar-refractivity contribution in [1.29, 1.82) is 0 Å². The van der Waals surface area contributed by atoms with Gasteiger partial charge >= 0.3 is 0 Å². The number of nitrogens with zero attached hydrogens (tertiary/aromatic N) is 2. The second-order valence-electron chi connectivity index (χ2n) is 6.40. The van der Waals surface area contributed by atoms with E-state index in [9.17, 15) is 18.5 Å². The number of non-ortho nitro benzene ring substituents is 1. The lowest BCUT2D eigenvalue weighted by Crippen LogP contribution is -3.13. The monoisotopic (exact) mass is 392 g/mol. The first-order chi connectivity index (χ1) is 12.9. The number of nitro groups is 1. The number of ether oxygens (including phenoxy) is 1. The maximum atomic E-state index is 12.8. The molecule has 0 unspecified atom stereocenters. The number of rotatable bonds is 6. The number of quaternary nitrogens is 1. The Kier molecular flexibility index (Phi) is 5.73. The molecule has 0 bridgehead atoms. The van der Waals surface area contributed by atoms with Crippen LogP contribution in [-0.4, -0.2) is 50.9 Å². The van der Waals surface area contributed by atoms with Gasteiger partial charge in [-0.05, 0) is 18.2 Å². The zero-order valence-corrected chi connectivity index (χ0v) is 15.8. The second kappa shape index (κ2) is 8.03. The lowest BCUT2D eigenvalue weighted by Gasteiger charge is -2.31. The van der Waals surface area contributed by atoms with Crippen molar-refractivity contribution in [3.63, 3.8) is 0 Å². The van der Waals surface area contributed by atoms with Gasteiger partial charge in [-0.25, -0.2) is 8.42 Å². The maximum absolute atomic E-state index is 12.8. The van der Waals surface area contributed by atoms with E-state index in [0.29, 0.717) is 26.2 Å². The van der Waals surface area contributed by atoms with E-state index in [0.717, 1.165) is 23.9 Å². The van der Waals surface area contributed by atoms with Crippen LogP contribution in [0.1, 0.15) is 5.56 Å². The highest BCUT2D eigenvalue weighted by Gasteiger charge is 2.31. The molecule has 1 heterocycles. The molecule has 0 radical (unpaired) electrons. The van der Waals surface area contributed by atoms with E-state index in [1.165, 1.54) is 27.4 Å². The number of methoxy groups -OCH3 is 1. The molecule has 0 spiro atoms. The number of sulfonamides is 1. The average Bonchev–Trinajstić information content (AvgIpc) is 2.69. The minimum atomic E-state index is -3.74. The molecular weight excluding hydrogens is 370 g/mol. The smallest absolute Gasteiger partial charge is 0.270 e. The SMILES string of the molecule is COc1ccccc1C[NH+]1CCN(S(=O)(=O)c2cccc([N+](=O)[O-])c2)CC1. The van der Waals surface area contributed by atoms with Gasteiger partial charge in [0, 0.05) is 17.7 Å². The molecule has 0 saturated carbocycles. The fourth-order valence-electron chi connectivity index (χ4n) is 3.24. The summed E-state index contributed by atoms with van der Waals surface area (Å²) in [6.07, 6.45) is 0. The third-order valence-corrected chi connectivity index (χ3v) is 6.62. The zero-order valence-electron chi connectivity index (χ0n) is 15.0. The fraction of sp³-hybridized carbons (Fsp3) is 0.333. The molecule has 0 aromatic heterocycles. The van der Waals surface area contributed by atoms with Crippen LogP contribution in [0.5, 0.6) is 5.75 Å². The molecular formula is C18H22N3O5S+. The van der Waals surface area contributed by atoms with Gasteiger partial charge in [0.1, 0.15) is 12.3 Å². The van der Waals surface area contributed by atoms with E-state index < -0.39 is 14.9 Å². The van der Waals surface area contributed by atoms with E-state index in [2.05, 4.69) is 0 Å². The summed E-state index contributed by atoms with van der Waals surface area (Å²) in [6, 6.07) is 13.0. The zero-order chi connectivity index (χ0) is 19.4. The van der Waals surface area contributed by atoms with E-state index in [1.54, 1.807) is 7.11 Å². The Morgan fingerprint density at radius 2 is 1.85 bits per heavy atom. The average molecular weight is 392 g/mol. The Bertz CT molecular complexity index is 924. The van der Waals surface area contributed by atoms with Crippen molar-refractivity contribution in [2.45, 2.75) is 11.4 Å². The van der Waals surface area contributed by atoms with Crippen molar-refractivity contribution >= 4 is 15.7 Å². The lowest BCUT2D eigenvalue weighted by atomic mass is 10.2. The van der Waals surface area contributed by atoms with Crippen LogP contribution in [0.4, 0.5) is 5.69 Å². The van der Waals surface area contributed by atoms with Gasteiger partial charge in [0.05, 0.1) is 43.1 Å². The van der Waals surface area contributed by atoms with Crippen LogP contribution in [-0.2, 0) is 16.6 Å². The highest BCUT2D eigenvalue weighted by Crippen LogP contribution is 2.21. The van der Waals surface area contributed by atoms with Crippen LogP contribution in [0.2, 0.25) is 0 Å². The Hall–Kier alpha value is -2.49. The van der Waals surface area contributed by atoms with Crippen LogP contribution >= 0.6 is 0 Å². The number of hydrogen-bond donors (Lipinski definition) is 1. The van der Waals surface area contributed by atoms with E-state index in [4.69, 9.17) is 4.74 Å². The van der Waals surface area contributed by atoms with Crippen molar-refractivity contribution in [1.82, 2.24) is 4.31 Å². The van der Waals surface area contributed by atoms with E-state index >= 15 is 0 Å². The summed E-state index contributed by atoms with van der Waals surface area (Å²) < 4.78 is 32.4. The standard InChI is InChI=1S/C18H21N3O5S/c1-26-18-8-3-2-5-15(18)14-19-9-11-20(12-10-19)27(24,25)17-7-4-6-16(13-17)21(22)23/h2-8,13H,9-12,14H2,1H3/p+1. The molecule has 1 aliphatic rings. The summed E-state index contributed by atoms with van der Waals surface area (Å²) in [5.74, 6) is 0.830. The van der Waals surface area contributed by atoms with Gasteiger partial charge in [0.15, 0.2) is 0 Å². The Balaban J connectivity index is 1.68. The number of hydrogen-bond acceptors (Lipinski definition) is 5. The Morgan fingerprint density at radius 1 is 1.15 bits per heavy atom. The van der Waals surface area contributed by atoms with E-state index in [1.807, 2.05) is 24.3 Å². The van der Waals surface area contributed by atoms with Gasteiger partial charge in [-0.2, -0.15) is 4.31 Å². The van der Waals surface area contributed by atoms with Crippen molar-refractivity contribution in [2.24, 2.45) is 0 Å². The molecule has 27 heavy (non-hydrogen) atoms. The Morgan fingerprint density at radius 3 is 2.52 bits per heavy atom. The molecule has 0 aliphatic carbocycles. The minimum absolute atomic E-state index is 0.0371. The van der Waals surface area contributed by atoms with Gasteiger partial charge < -0.3 is 9.64 Å². The molecule has 144 valence electrons. The van der Waals surface area contributed by atoms with Crippen LogP contribution in [0.15, 0.2) is 53.4 Å². The first-order valence-electron chi connectivity index (χ1n) is 8.62. The summed E-state index contributed by atoms with van der Waals surface area (Å²) in [5, 5.41) is 10.9. The number of nitro benzene ring substituents is 1. The summed E-state index contributed by atoms with van der Waals surface area (Å²) in [5.41, 5.74) is 0.862. The van der Waals surface area contributed by atoms with Crippen LogP contribution < -0.4 is 9.64 Å². The summed E-state index contributed by atoms with van der Waals surface area (Å²) in [7, 11) is -2.10. The van der Waals surface area contributed by atoms with Crippen molar-refractivity contribution in [2.75, 3.05) is 33.3 Å². The second-order valence-corrected chi connectivity index (χ2v) is 8.34. The fourth-order valence-corrected chi connectivity index (χ4v) is 4.73. The molecule has 0 atom stereocenters. The molecule has 1 aliphatic heterocycles. The normalized spacial score (nSPS) is 16.2. The van der Waals surface area contributed by atoms with Gasteiger partial charge in [-0.1, -0.05) is 18.2 Å². The molecule has 8 nitrogen and oxygen atoms in total. The molecule has 1 fully saturated rings. The van der Waals surface area contributed by atoms with Crippen LogP contribution in [0, 0.1) is 10.1 Å². The highest BCUT2D eigenvalue weighted by molar-refractivity contribution is 7.89. The van der Waals surface area contributed by atoms with Crippen LogP contribution in [0.25, 0.3) is 0 Å².